The van der Waals surface area contributed by atoms with E-state index >= 15 is 0 Å². The summed E-state index contributed by atoms with van der Waals surface area (Å²) in [4.78, 5) is 4.21. The number of nitrogens with zero attached hydrogens (tertiary/aromatic N) is 1. The molecule has 0 bridgehead atoms. The number of pyridine rings is 1. The van der Waals surface area contributed by atoms with E-state index in [0.29, 0.717) is 6.04 Å². The maximum absolute atomic E-state index is 4.21. The molecule has 1 aromatic heterocycles. The van der Waals surface area contributed by atoms with E-state index in [1.807, 2.05) is 12.4 Å². The number of hydrogen-bond donors (Lipinski definition) is 1. The molecule has 16 heavy (non-hydrogen) atoms. The molecule has 1 heterocycles. The Kier molecular flexibility index (Phi) is 4.36. The van der Waals surface area contributed by atoms with Gasteiger partial charge in [0.15, 0.2) is 0 Å². The van der Waals surface area contributed by atoms with Crippen molar-refractivity contribution >= 4 is 15.9 Å². The van der Waals surface area contributed by atoms with Gasteiger partial charge in [-0.1, -0.05) is 19.3 Å². The summed E-state index contributed by atoms with van der Waals surface area (Å²) in [5, 5.41) is 3.43. The van der Waals surface area contributed by atoms with Gasteiger partial charge in [-0.15, -0.1) is 0 Å². The zero-order valence-electron chi connectivity index (χ0n) is 9.75. The van der Waals surface area contributed by atoms with Crippen LogP contribution in [0.4, 0.5) is 0 Å². The van der Waals surface area contributed by atoms with Crippen LogP contribution in [0, 0.1) is 5.92 Å². The Labute approximate surface area is 106 Å². The van der Waals surface area contributed by atoms with E-state index in [1.165, 1.54) is 31.2 Å². The van der Waals surface area contributed by atoms with Gasteiger partial charge in [0.25, 0.3) is 0 Å². The standard InChI is InChI=1S/C13H19BrN2/c1-15-13(6-10-3-2-4-10)7-11-5-12(14)9-16-8-11/h5,8-10,13,15H,2-4,6-7H2,1H3. The van der Waals surface area contributed by atoms with Crippen LogP contribution in [0.5, 0.6) is 0 Å². The van der Waals surface area contributed by atoms with Crippen LogP contribution < -0.4 is 5.32 Å². The highest BCUT2D eigenvalue weighted by Gasteiger charge is 2.21. The fourth-order valence-corrected chi connectivity index (χ4v) is 2.70. The lowest BCUT2D eigenvalue weighted by atomic mass is 9.80. The number of likely N-dealkylation sites (N-methyl/N-ethyl adjacent to an activating group) is 1. The maximum Gasteiger partial charge on any atom is 0.0410 e. The van der Waals surface area contributed by atoms with Crippen LogP contribution in [0.2, 0.25) is 0 Å². The van der Waals surface area contributed by atoms with Crippen LogP contribution in [0.3, 0.4) is 0 Å². The smallest absolute Gasteiger partial charge is 0.0410 e. The predicted molar refractivity (Wildman–Crippen MR) is 70.4 cm³/mol. The van der Waals surface area contributed by atoms with Crippen molar-refractivity contribution in [3.05, 3.63) is 28.5 Å². The first-order chi connectivity index (χ1) is 7.78. The van der Waals surface area contributed by atoms with E-state index in [-0.39, 0.29) is 0 Å². The average molecular weight is 283 g/mol. The zero-order valence-corrected chi connectivity index (χ0v) is 11.3. The lowest BCUT2D eigenvalue weighted by Gasteiger charge is -2.29. The molecule has 0 amide bonds. The Bertz CT molecular complexity index is 336. The lowest BCUT2D eigenvalue weighted by Crippen LogP contribution is -2.32. The van der Waals surface area contributed by atoms with E-state index in [0.717, 1.165) is 16.8 Å². The Hall–Kier alpha value is -0.410. The highest BCUT2D eigenvalue weighted by molar-refractivity contribution is 9.10. The van der Waals surface area contributed by atoms with Crippen LogP contribution >= 0.6 is 15.9 Å². The molecule has 1 N–H and O–H groups in total. The number of hydrogen-bond acceptors (Lipinski definition) is 2. The molecule has 0 aliphatic heterocycles. The minimum absolute atomic E-state index is 0.599. The molecule has 1 unspecified atom stereocenters. The summed E-state index contributed by atoms with van der Waals surface area (Å²) in [6.45, 7) is 0. The first kappa shape index (κ1) is 12.1. The number of rotatable bonds is 5. The summed E-state index contributed by atoms with van der Waals surface area (Å²) >= 11 is 3.47. The molecule has 2 rings (SSSR count). The molecular formula is C13H19BrN2. The molecule has 1 aliphatic rings. The summed E-state index contributed by atoms with van der Waals surface area (Å²) in [5.74, 6) is 0.956. The van der Waals surface area contributed by atoms with Gasteiger partial charge in [0, 0.05) is 22.9 Å². The van der Waals surface area contributed by atoms with Gasteiger partial charge in [-0.3, -0.25) is 4.98 Å². The van der Waals surface area contributed by atoms with Gasteiger partial charge in [0.2, 0.25) is 0 Å². The number of nitrogens with one attached hydrogen (secondary N) is 1. The van der Waals surface area contributed by atoms with Crippen molar-refractivity contribution in [1.29, 1.82) is 0 Å². The third kappa shape index (κ3) is 3.29. The van der Waals surface area contributed by atoms with Gasteiger partial charge in [-0.25, -0.2) is 0 Å². The zero-order chi connectivity index (χ0) is 11.4. The van der Waals surface area contributed by atoms with E-state index in [1.54, 1.807) is 0 Å². The monoisotopic (exact) mass is 282 g/mol. The molecular weight excluding hydrogens is 264 g/mol. The molecule has 0 spiro atoms. The van der Waals surface area contributed by atoms with Gasteiger partial charge in [-0.05, 0) is 53.4 Å². The molecule has 1 saturated carbocycles. The molecule has 1 atom stereocenters. The molecule has 1 fully saturated rings. The summed E-state index contributed by atoms with van der Waals surface area (Å²) in [5.41, 5.74) is 1.31. The maximum atomic E-state index is 4.21. The second-order valence-electron chi connectivity index (χ2n) is 4.73. The van der Waals surface area contributed by atoms with Gasteiger partial charge in [0.05, 0.1) is 0 Å². The first-order valence-corrected chi connectivity index (χ1v) is 6.84. The van der Waals surface area contributed by atoms with Crippen molar-refractivity contribution in [3.8, 4) is 0 Å². The summed E-state index contributed by atoms with van der Waals surface area (Å²) in [7, 11) is 2.06. The highest BCUT2D eigenvalue weighted by atomic mass is 79.9. The molecule has 0 aromatic carbocycles. The molecule has 0 saturated heterocycles. The van der Waals surface area contributed by atoms with E-state index in [9.17, 15) is 0 Å². The van der Waals surface area contributed by atoms with Gasteiger partial charge in [0.1, 0.15) is 0 Å². The number of aromatic nitrogens is 1. The lowest BCUT2D eigenvalue weighted by molar-refractivity contribution is 0.263. The van der Waals surface area contributed by atoms with Gasteiger partial charge >= 0.3 is 0 Å². The van der Waals surface area contributed by atoms with Crippen molar-refractivity contribution in [3.63, 3.8) is 0 Å². The predicted octanol–water partition coefficient (Wildman–Crippen LogP) is 3.16. The Balaban J connectivity index is 1.89. The normalized spacial score (nSPS) is 18.1. The van der Waals surface area contributed by atoms with Crippen molar-refractivity contribution < 1.29 is 0 Å². The first-order valence-electron chi connectivity index (χ1n) is 6.04. The Morgan fingerprint density at radius 3 is 2.88 bits per heavy atom. The third-order valence-corrected chi connectivity index (χ3v) is 3.93. The second kappa shape index (κ2) is 5.78. The summed E-state index contributed by atoms with van der Waals surface area (Å²) < 4.78 is 1.07. The van der Waals surface area contributed by atoms with Crippen molar-refractivity contribution in [2.75, 3.05) is 7.05 Å². The fourth-order valence-electron chi connectivity index (χ4n) is 2.29. The molecule has 1 aliphatic carbocycles. The Morgan fingerprint density at radius 2 is 2.31 bits per heavy atom. The van der Waals surface area contributed by atoms with Crippen LogP contribution in [-0.2, 0) is 6.42 Å². The van der Waals surface area contributed by atoms with Crippen LogP contribution in [-0.4, -0.2) is 18.1 Å². The quantitative estimate of drug-likeness (QED) is 0.897. The second-order valence-corrected chi connectivity index (χ2v) is 5.65. The van der Waals surface area contributed by atoms with Crippen LogP contribution in [0.25, 0.3) is 0 Å². The Morgan fingerprint density at radius 1 is 1.50 bits per heavy atom. The fraction of sp³-hybridized carbons (Fsp3) is 0.615. The highest BCUT2D eigenvalue weighted by Crippen LogP contribution is 2.31. The van der Waals surface area contributed by atoms with Crippen molar-refractivity contribution in [2.24, 2.45) is 5.92 Å². The summed E-state index contributed by atoms with van der Waals surface area (Å²) in [6.07, 6.45) is 10.5. The molecule has 0 radical (unpaired) electrons. The van der Waals surface area contributed by atoms with Crippen molar-refractivity contribution in [1.82, 2.24) is 10.3 Å². The SMILES string of the molecule is CNC(Cc1cncc(Br)c1)CC1CCC1. The molecule has 2 nitrogen and oxygen atoms in total. The molecule has 3 heteroatoms. The van der Waals surface area contributed by atoms with E-state index in [2.05, 4.69) is 39.3 Å². The third-order valence-electron chi connectivity index (χ3n) is 3.49. The van der Waals surface area contributed by atoms with E-state index in [4.69, 9.17) is 0 Å². The number of halogens is 1. The minimum atomic E-state index is 0.599. The van der Waals surface area contributed by atoms with Gasteiger partial charge < -0.3 is 5.32 Å². The van der Waals surface area contributed by atoms with Crippen LogP contribution in [0.1, 0.15) is 31.2 Å². The minimum Gasteiger partial charge on any atom is -0.317 e. The molecule has 1 aromatic rings. The largest absolute Gasteiger partial charge is 0.317 e. The summed E-state index contributed by atoms with van der Waals surface area (Å²) in [6, 6.07) is 2.76. The van der Waals surface area contributed by atoms with Crippen molar-refractivity contribution in [2.45, 2.75) is 38.1 Å². The average Bonchev–Trinajstić information content (AvgIpc) is 2.21. The van der Waals surface area contributed by atoms with Gasteiger partial charge in [-0.2, -0.15) is 0 Å². The molecule has 88 valence electrons. The topological polar surface area (TPSA) is 24.9 Å². The van der Waals surface area contributed by atoms with Crippen LogP contribution in [0.15, 0.2) is 22.9 Å². The van der Waals surface area contributed by atoms with E-state index < -0.39 is 0 Å².